The van der Waals surface area contributed by atoms with Crippen LogP contribution in [0.25, 0.3) is 11.4 Å². The number of rotatable bonds is 5. The fraction of sp³-hybridized carbons (Fsp3) is 0.500. The molecule has 0 saturated carbocycles. The normalized spacial score (nSPS) is 19.0. The summed E-state index contributed by atoms with van der Waals surface area (Å²) in [5, 5.41) is 12.3. The van der Waals surface area contributed by atoms with Gasteiger partial charge in [-0.25, -0.2) is 8.42 Å². The van der Waals surface area contributed by atoms with Crippen molar-refractivity contribution in [2.75, 3.05) is 18.1 Å². The van der Waals surface area contributed by atoms with Gasteiger partial charge in [-0.2, -0.15) is 4.80 Å². The predicted molar refractivity (Wildman–Crippen MR) is 92.4 cm³/mol. The molecule has 1 aromatic carbocycles. The number of amides is 1. The first-order valence-electron chi connectivity index (χ1n) is 8.23. The molecule has 1 amide bonds. The first-order valence-corrected chi connectivity index (χ1v) is 10.1. The van der Waals surface area contributed by atoms with Crippen molar-refractivity contribution in [2.24, 2.45) is 0 Å². The van der Waals surface area contributed by atoms with Crippen molar-refractivity contribution >= 4 is 15.7 Å². The third-order valence-corrected chi connectivity index (χ3v) is 6.18. The molecular formula is C16H21N5O3S. The van der Waals surface area contributed by atoms with Gasteiger partial charge < -0.3 is 4.90 Å². The van der Waals surface area contributed by atoms with Crippen LogP contribution in [0.1, 0.15) is 18.9 Å². The van der Waals surface area contributed by atoms with Gasteiger partial charge in [-0.1, -0.05) is 24.3 Å². The Morgan fingerprint density at radius 1 is 1.36 bits per heavy atom. The molecule has 0 radical (unpaired) electrons. The molecule has 1 atom stereocenters. The molecule has 3 rings (SSSR count). The third kappa shape index (κ3) is 3.87. The number of benzene rings is 1. The SMILES string of the molecule is CCN(C(=O)Cn1nnc(-c2ccccc2C)n1)[C@@H]1CCS(=O)(=O)C1. The summed E-state index contributed by atoms with van der Waals surface area (Å²) < 4.78 is 23.3. The first kappa shape index (κ1) is 17.5. The van der Waals surface area contributed by atoms with Crippen LogP contribution in [-0.2, 0) is 21.2 Å². The molecule has 0 aliphatic carbocycles. The molecule has 134 valence electrons. The zero-order valence-electron chi connectivity index (χ0n) is 14.3. The highest BCUT2D eigenvalue weighted by atomic mass is 32.2. The number of tetrazole rings is 1. The standard InChI is InChI=1S/C16H21N5O3S/c1-3-20(13-8-9-25(23,24)11-13)15(22)10-21-18-16(17-19-21)14-7-5-4-6-12(14)2/h4-7,13H,3,8-11H2,1-2H3/t13-/m1/s1. The lowest BCUT2D eigenvalue weighted by atomic mass is 10.1. The highest BCUT2D eigenvalue weighted by Gasteiger charge is 2.34. The second-order valence-electron chi connectivity index (χ2n) is 6.19. The van der Waals surface area contributed by atoms with E-state index in [2.05, 4.69) is 15.4 Å². The molecule has 0 spiro atoms. The topological polar surface area (TPSA) is 98.1 Å². The molecule has 1 fully saturated rings. The van der Waals surface area contributed by atoms with Gasteiger partial charge in [0.1, 0.15) is 6.54 Å². The monoisotopic (exact) mass is 363 g/mol. The minimum atomic E-state index is -3.04. The summed E-state index contributed by atoms with van der Waals surface area (Å²) in [5.41, 5.74) is 1.90. The Morgan fingerprint density at radius 2 is 2.12 bits per heavy atom. The quantitative estimate of drug-likeness (QED) is 0.775. The Balaban J connectivity index is 1.72. The van der Waals surface area contributed by atoms with Crippen molar-refractivity contribution < 1.29 is 13.2 Å². The van der Waals surface area contributed by atoms with Crippen LogP contribution in [0.15, 0.2) is 24.3 Å². The van der Waals surface area contributed by atoms with Crippen molar-refractivity contribution in [1.82, 2.24) is 25.1 Å². The maximum Gasteiger partial charge on any atom is 0.246 e. The van der Waals surface area contributed by atoms with Crippen LogP contribution in [0.5, 0.6) is 0 Å². The zero-order valence-corrected chi connectivity index (χ0v) is 15.1. The van der Waals surface area contributed by atoms with Crippen molar-refractivity contribution in [2.45, 2.75) is 32.9 Å². The number of sulfone groups is 1. The van der Waals surface area contributed by atoms with Gasteiger partial charge in [0.2, 0.25) is 11.7 Å². The van der Waals surface area contributed by atoms with E-state index in [1.54, 1.807) is 4.90 Å². The number of nitrogens with zero attached hydrogens (tertiary/aromatic N) is 5. The number of hydrogen-bond acceptors (Lipinski definition) is 6. The second-order valence-corrected chi connectivity index (χ2v) is 8.42. The second kappa shape index (κ2) is 6.91. The Morgan fingerprint density at radius 3 is 2.76 bits per heavy atom. The average Bonchev–Trinajstić information content (AvgIpc) is 3.15. The largest absolute Gasteiger partial charge is 0.337 e. The summed E-state index contributed by atoms with van der Waals surface area (Å²) in [5.74, 6) is 0.447. The predicted octanol–water partition coefficient (Wildman–Crippen LogP) is 0.684. The molecule has 2 heterocycles. The average molecular weight is 363 g/mol. The molecule has 0 bridgehead atoms. The molecule has 1 aromatic heterocycles. The van der Waals surface area contributed by atoms with Crippen molar-refractivity contribution in [3.63, 3.8) is 0 Å². The minimum absolute atomic E-state index is 0.0336. The molecule has 1 saturated heterocycles. The summed E-state index contributed by atoms with van der Waals surface area (Å²) >= 11 is 0. The molecule has 2 aromatic rings. The van der Waals surface area contributed by atoms with Crippen LogP contribution in [0.3, 0.4) is 0 Å². The Labute approximate surface area is 146 Å². The van der Waals surface area contributed by atoms with E-state index in [1.165, 1.54) is 4.80 Å². The zero-order chi connectivity index (χ0) is 18.0. The van der Waals surface area contributed by atoms with Crippen LogP contribution in [0.4, 0.5) is 0 Å². The van der Waals surface area contributed by atoms with E-state index < -0.39 is 9.84 Å². The number of carbonyl (C=O) groups excluding carboxylic acids is 1. The fourth-order valence-electron chi connectivity index (χ4n) is 3.11. The van der Waals surface area contributed by atoms with E-state index in [-0.39, 0.29) is 30.0 Å². The third-order valence-electron chi connectivity index (χ3n) is 4.43. The summed E-state index contributed by atoms with van der Waals surface area (Å²) in [6.45, 7) is 4.21. The molecule has 0 unspecified atom stereocenters. The smallest absolute Gasteiger partial charge is 0.246 e. The van der Waals surface area contributed by atoms with Gasteiger partial charge in [-0.3, -0.25) is 4.79 Å². The minimum Gasteiger partial charge on any atom is -0.337 e. The van der Waals surface area contributed by atoms with Gasteiger partial charge >= 0.3 is 0 Å². The summed E-state index contributed by atoms with van der Waals surface area (Å²) in [7, 11) is -3.04. The maximum atomic E-state index is 12.6. The van der Waals surface area contributed by atoms with E-state index in [0.29, 0.717) is 18.8 Å². The molecule has 25 heavy (non-hydrogen) atoms. The summed E-state index contributed by atoms with van der Waals surface area (Å²) in [4.78, 5) is 15.4. The van der Waals surface area contributed by atoms with Crippen LogP contribution >= 0.6 is 0 Å². The molecule has 0 N–H and O–H groups in total. The van der Waals surface area contributed by atoms with Crippen LogP contribution in [-0.4, -0.2) is 63.5 Å². The molecule has 1 aliphatic heterocycles. The lowest BCUT2D eigenvalue weighted by Crippen LogP contribution is -2.42. The van der Waals surface area contributed by atoms with Gasteiger partial charge in [0.15, 0.2) is 9.84 Å². The lowest BCUT2D eigenvalue weighted by molar-refractivity contribution is -0.133. The first-order chi connectivity index (χ1) is 11.9. The number of hydrogen-bond donors (Lipinski definition) is 0. The Kier molecular flexibility index (Phi) is 4.85. The summed E-state index contributed by atoms with van der Waals surface area (Å²) in [6.07, 6.45) is 0.487. The van der Waals surface area contributed by atoms with E-state index in [0.717, 1.165) is 11.1 Å². The van der Waals surface area contributed by atoms with Gasteiger partial charge in [0, 0.05) is 18.2 Å². The Bertz CT molecular complexity index is 877. The highest BCUT2D eigenvalue weighted by molar-refractivity contribution is 7.91. The Hall–Kier alpha value is -2.29. The van der Waals surface area contributed by atoms with E-state index in [9.17, 15) is 13.2 Å². The molecule has 9 heteroatoms. The molecule has 1 aliphatic rings. The molecular weight excluding hydrogens is 342 g/mol. The number of carbonyl (C=O) groups is 1. The van der Waals surface area contributed by atoms with Gasteiger partial charge in [0.25, 0.3) is 0 Å². The van der Waals surface area contributed by atoms with Crippen LogP contribution < -0.4 is 0 Å². The van der Waals surface area contributed by atoms with Crippen LogP contribution in [0, 0.1) is 6.92 Å². The number of aromatic nitrogens is 4. The van der Waals surface area contributed by atoms with E-state index >= 15 is 0 Å². The van der Waals surface area contributed by atoms with Crippen molar-refractivity contribution in [1.29, 1.82) is 0 Å². The van der Waals surface area contributed by atoms with Crippen molar-refractivity contribution in [3.8, 4) is 11.4 Å². The van der Waals surface area contributed by atoms with E-state index in [1.807, 2.05) is 38.1 Å². The number of likely N-dealkylation sites (N-methyl/N-ethyl adjacent to an activating group) is 1. The molecule has 8 nitrogen and oxygen atoms in total. The van der Waals surface area contributed by atoms with Crippen LogP contribution in [0.2, 0.25) is 0 Å². The highest BCUT2D eigenvalue weighted by Crippen LogP contribution is 2.19. The van der Waals surface area contributed by atoms with E-state index in [4.69, 9.17) is 0 Å². The lowest BCUT2D eigenvalue weighted by Gasteiger charge is -2.26. The number of aryl methyl sites for hydroxylation is 1. The van der Waals surface area contributed by atoms with Crippen molar-refractivity contribution in [3.05, 3.63) is 29.8 Å². The summed E-state index contributed by atoms with van der Waals surface area (Å²) in [6, 6.07) is 7.43. The maximum absolute atomic E-state index is 12.6. The van der Waals surface area contributed by atoms with Gasteiger partial charge in [0.05, 0.1) is 11.5 Å². The van der Waals surface area contributed by atoms with Gasteiger partial charge in [-0.15, -0.1) is 10.2 Å². The van der Waals surface area contributed by atoms with Gasteiger partial charge in [-0.05, 0) is 31.0 Å². The fourth-order valence-corrected chi connectivity index (χ4v) is 4.84.